The highest BCUT2D eigenvalue weighted by atomic mass is 32.2. The van der Waals surface area contributed by atoms with Crippen LogP contribution in [-0.4, -0.2) is 31.5 Å². The van der Waals surface area contributed by atoms with Crippen LogP contribution in [0.3, 0.4) is 0 Å². The largest absolute Gasteiger partial charge is 0.354 e. The zero-order valence-corrected chi connectivity index (χ0v) is 10.2. The number of aromatic nitrogens is 2. The Kier molecular flexibility index (Phi) is 4.63. The second-order valence-corrected chi connectivity index (χ2v) is 4.94. The maximum absolute atomic E-state index is 11.5. The van der Waals surface area contributed by atoms with Crippen LogP contribution in [-0.2, 0) is 10.0 Å². The summed E-state index contributed by atoms with van der Waals surface area (Å²) in [5, 5.41) is 2.97. The maximum Gasteiger partial charge on any atom is 0.243 e. The van der Waals surface area contributed by atoms with Crippen LogP contribution in [0.15, 0.2) is 17.3 Å². The van der Waals surface area contributed by atoms with Gasteiger partial charge in [0.05, 0.1) is 12.4 Å². The molecule has 2 N–H and O–H groups in total. The average molecular weight is 244 g/mol. The molecule has 0 amide bonds. The van der Waals surface area contributed by atoms with Crippen molar-refractivity contribution in [1.82, 2.24) is 14.7 Å². The van der Waals surface area contributed by atoms with Crippen LogP contribution in [0.2, 0.25) is 0 Å². The second-order valence-electron chi connectivity index (χ2n) is 3.17. The molecule has 1 heterocycles. The molecule has 0 saturated heterocycles. The molecular formula is C9H16N4O2S. The molecule has 0 saturated carbocycles. The van der Waals surface area contributed by atoms with Gasteiger partial charge in [-0.3, -0.25) is 0 Å². The Labute approximate surface area is 95.6 Å². The van der Waals surface area contributed by atoms with E-state index in [0.717, 1.165) is 13.0 Å². The van der Waals surface area contributed by atoms with Gasteiger partial charge in [-0.05, 0) is 6.42 Å². The maximum atomic E-state index is 11.5. The molecule has 0 aromatic carbocycles. The minimum Gasteiger partial charge on any atom is -0.354 e. The van der Waals surface area contributed by atoms with Crippen molar-refractivity contribution in [3.05, 3.63) is 12.4 Å². The quantitative estimate of drug-likeness (QED) is 0.765. The van der Waals surface area contributed by atoms with E-state index < -0.39 is 10.0 Å². The van der Waals surface area contributed by atoms with Gasteiger partial charge in [0.25, 0.3) is 0 Å². The normalized spacial score (nSPS) is 11.4. The molecule has 6 nitrogen and oxygen atoms in total. The third-order valence-corrected chi connectivity index (χ3v) is 3.31. The molecule has 0 spiro atoms. The number of sulfonamides is 1. The molecule has 0 fully saturated rings. The highest BCUT2D eigenvalue weighted by Gasteiger charge is 2.13. The van der Waals surface area contributed by atoms with E-state index in [9.17, 15) is 8.42 Å². The summed E-state index contributed by atoms with van der Waals surface area (Å²) in [6, 6.07) is 0. The lowest BCUT2D eigenvalue weighted by Gasteiger charge is -2.05. The fourth-order valence-corrected chi connectivity index (χ4v) is 1.99. The number of anilines is 1. The van der Waals surface area contributed by atoms with Crippen molar-refractivity contribution in [1.29, 1.82) is 0 Å². The average Bonchev–Trinajstić information content (AvgIpc) is 2.27. The zero-order valence-electron chi connectivity index (χ0n) is 9.40. The molecule has 1 aromatic rings. The van der Waals surface area contributed by atoms with Crippen LogP contribution in [0.25, 0.3) is 0 Å². The first-order chi connectivity index (χ1) is 7.60. The van der Waals surface area contributed by atoms with E-state index in [1.165, 1.54) is 12.4 Å². The van der Waals surface area contributed by atoms with Gasteiger partial charge in [-0.15, -0.1) is 0 Å². The summed E-state index contributed by atoms with van der Waals surface area (Å²) in [6.07, 6.45) is 3.55. The van der Waals surface area contributed by atoms with Crippen molar-refractivity contribution in [2.24, 2.45) is 0 Å². The summed E-state index contributed by atoms with van der Waals surface area (Å²) in [5.74, 6) is 0.442. The molecule has 0 radical (unpaired) electrons. The van der Waals surface area contributed by atoms with Gasteiger partial charge >= 0.3 is 0 Å². The molecular weight excluding hydrogens is 228 g/mol. The van der Waals surface area contributed by atoms with Gasteiger partial charge < -0.3 is 5.32 Å². The summed E-state index contributed by atoms with van der Waals surface area (Å²) >= 11 is 0. The molecule has 90 valence electrons. The molecule has 1 rings (SSSR count). The fourth-order valence-electron chi connectivity index (χ4n) is 1.06. The third kappa shape index (κ3) is 3.42. The first-order valence-corrected chi connectivity index (χ1v) is 6.64. The van der Waals surface area contributed by atoms with Gasteiger partial charge in [-0.25, -0.2) is 23.1 Å². The summed E-state index contributed by atoms with van der Waals surface area (Å²) in [4.78, 5) is 7.93. The van der Waals surface area contributed by atoms with Crippen molar-refractivity contribution < 1.29 is 8.42 Å². The predicted octanol–water partition coefficient (Wildman–Crippen LogP) is 0.597. The molecule has 1 aromatic heterocycles. The lowest BCUT2D eigenvalue weighted by molar-refractivity contribution is 0.583. The fraction of sp³-hybridized carbons (Fsp3) is 0.556. The summed E-state index contributed by atoms with van der Waals surface area (Å²) in [7, 11) is -3.45. The van der Waals surface area contributed by atoms with Crippen LogP contribution >= 0.6 is 0 Å². The van der Waals surface area contributed by atoms with Gasteiger partial charge in [0.15, 0.2) is 0 Å². The highest BCUT2D eigenvalue weighted by molar-refractivity contribution is 7.89. The van der Waals surface area contributed by atoms with E-state index in [4.69, 9.17) is 0 Å². The minimum absolute atomic E-state index is 0.0800. The Bertz CT molecular complexity index is 416. The Morgan fingerprint density at radius 3 is 2.38 bits per heavy atom. The first kappa shape index (κ1) is 12.9. The van der Waals surface area contributed by atoms with Gasteiger partial charge in [0.2, 0.25) is 16.0 Å². The molecule has 0 bridgehead atoms. The summed E-state index contributed by atoms with van der Waals surface area (Å²) < 4.78 is 25.5. The van der Waals surface area contributed by atoms with E-state index in [1.807, 2.05) is 6.92 Å². The lowest BCUT2D eigenvalue weighted by atomic mass is 10.5. The highest BCUT2D eigenvalue weighted by Crippen LogP contribution is 2.06. The Hall–Kier alpha value is -1.21. The van der Waals surface area contributed by atoms with E-state index in [-0.39, 0.29) is 4.90 Å². The monoisotopic (exact) mass is 244 g/mol. The van der Waals surface area contributed by atoms with Gasteiger partial charge in [0.1, 0.15) is 4.90 Å². The molecule has 0 aliphatic carbocycles. The van der Waals surface area contributed by atoms with Crippen molar-refractivity contribution in [3.63, 3.8) is 0 Å². The summed E-state index contributed by atoms with van der Waals surface area (Å²) in [5.41, 5.74) is 0. The van der Waals surface area contributed by atoms with E-state index >= 15 is 0 Å². The first-order valence-electron chi connectivity index (χ1n) is 5.15. The van der Waals surface area contributed by atoms with Crippen molar-refractivity contribution in [2.45, 2.75) is 25.2 Å². The SMILES string of the molecule is CCCNc1ncc(S(=O)(=O)NCC)cn1. The lowest BCUT2D eigenvalue weighted by Crippen LogP contribution is -2.23. The predicted molar refractivity (Wildman–Crippen MR) is 61.7 cm³/mol. The molecule has 0 aliphatic heterocycles. The van der Waals surface area contributed by atoms with Gasteiger partial charge in [-0.2, -0.15) is 0 Å². The number of hydrogen-bond acceptors (Lipinski definition) is 5. The minimum atomic E-state index is -3.45. The van der Waals surface area contributed by atoms with Gasteiger partial charge in [0, 0.05) is 13.1 Å². The zero-order chi connectivity index (χ0) is 12.0. The molecule has 0 aliphatic rings. The molecule has 0 atom stereocenters. The molecule has 16 heavy (non-hydrogen) atoms. The second kappa shape index (κ2) is 5.76. The van der Waals surface area contributed by atoms with Crippen LogP contribution in [0.5, 0.6) is 0 Å². The molecule has 7 heteroatoms. The van der Waals surface area contributed by atoms with Crippen LogP contribution in [0, 0.1) is 0 Å². The van der Waals surface area contributed by atoms with Crippen molar-refractivity contribution in [2.75, 3.05) is 18.4 Å². The van der Waals surface area contributed by atoms with E-state index in [2.05, 4.69) is 20.0 Å². The van der Waals surface area contributed by atoms with E-state index in [1.54, 1.807) is 6.92 Å². The van der Waals surface area contributed by atoms with Crippen LogP contribution in [0.1, 0.15) is 20.3 Å². The Morgan fingerprint density at radius 2 is 1.88 bits per heavy atom. The smallest absolute Gasteiger partial charge is 0.243 e. The standard InChI is InChI=1S/C9H16N4O2S/c1-3-5-10-9-11-6-8(7-12-9)16(14,15)13-4-2/h6-7,13H,3-5H2,1-2H3,(H,10,11,12). The summed E-state index contributed by atoms with van der Waals surface area (Å²) in [6.45, 7) is 4.85. The Morgan fingerprint density at radius 1 is 1.25 bits per heavy atom. The number of rotatable bonds is 6. The number of nitrogens with one attached hydrogen (secondary N) is 2. The topological polar surface area (TPSA) is 84.0 Å². The number of nitrogens with zero attached hydrogens (tertiary/aromatic N) is 2. The number of hydrogen-bond donors (Lipinski definition) is 2. The van der Waals surface area contributed by atoms with Crippen molar-refractivity contribution >= 4 is 16.0 Å². The molecule has 0 unspecified atom stereocenters. The van der Waals surface area contributed by atoms with Gasteiger partial charge in [-0.1, -0.05) is 13.8 Å². The van der Waals surface area contributed by atoms with Crippen molar-refractivity contribution in [3.8, 4) is 0 Å². The van der Waals surface area contributed by atoms with Crippen LogP contribution in [0.4, 0.5) is 5.95 Å². The Balaban J connectivity index is 2.78. The van der Waals surface area contributed by atoms with E-state index in [0.29, 0.717) is 12.5 Å². The third-order valence-electron chi connectivity index (χ3n) is 1.81. The van der Waals surface area contributed by atoms with Crippen LogP contribution < -0.4 is 10.0 Å².